The molecule has 30 heavy (non-hydrogen) atoms. The molecule has 0 saturated heterocycles. The maximum absolute atomic E-state index is 13.2. The molecule has 5 aromatic heterocycles. The molecule has 0 radical (unpaired) electrons. The van der Waals surface area contributed by atoms with Crippen LogP contribution >= 0.6 is 11.3 Å². The largest absolute Gasteiger partial charge is 0.363 e. The van der Waals surface area contributed by atoms with Gasteiger partial charge in [0.2, 0.25) is 0 Å². The van der Waals surface area contributed by atoms with Crippen LogP contribution in [-0.4, -0.2) is 48.6 Å². The lowest BCUT2D eigenvalue weighted by Gasteiger charge is -2.12. The van der Waals surface area contributed by atoms with Gasteiger partial charge in [-0.1, -0.05) is 6.07 Å². The summed E-state index contributed by atoms with van der Waals surface area (Å²) in [5.74, 6) is 0.842. The number of anilines is 1. The summed E-state index contributed by atoms with van der Waals surface area (Å²) in [4.78, 5) is 24.5. The molecule has 0 aliphatic heterocycles. The van der Waals surface area contributed by atoms with Crippen LogP contribution in [0.25, 0.3) is 21.3 Å². The first-order chi connectivity index (χ1) is 14.5. The van der Waals surface area contributed by atoms with E-state index in [0.717, 1.165) is 37.9 Å². The average Bonchev–Trinajstić information content (AvgIpc) is 3.44. The number of pyridine rings is 1. The molecule has 0 bridgehead atoms. The van der Waals surface area contributed by atoms with E-state index in [2.05, 4.69) is 20.3 Å². The third-order valence-corrected chi connectivity index (χ3v) is 6.10. The second kappa shape index (κ2) is 7.06. The Hall–Kier alpha value is -3.53. The van der Waals surface area contributed by atoms with E-state index in [9.17, 15) is 4.79 Å². The number of nitrogens with one attached hydrogen (secondary N) is 1. The molecule has 9 nitrogen and oxygen atoms in total. The fraction of sp³-hybridized carbons (Fsp3) is 0.250. The first kappa shape index (κ1) is 18.5. The minimum atomic E-state index is -0.147. The van der Waals surface area contributed by atoms with E-state index in [1.54, 1.807) is 23.7 Å². The van der Waals surface area contributed by atoms with Crippen LogP contribution in [0.5, 0.6) is 0 Å². The molecule has 0 atom stereocenters. The molecule has 0 amide bonds. The predicted molar refractivity (Wildman–Crippen MR) is 117 cm³/mol. The van der Waals surface area contributed by atoms with Crippen LogP contribution in [0.4, 0.5) is 5.82 Å². The summed E-state index contributed by atoms with van der Waals surface area (Å²) in [6.07, 6.45) is 4.21. The first-order valence-electron chi connectivity index (χ1n) is 9.47. The van der Waals surface area contributed by atoms with E-state index >= 15 is 0 Å². The van der Waals surface area contributed by atoms with Gasteiger partial charge in [-0.3, -0.25) is 9.89 Å². The van der Waals surface area contributed by atoms with Crippen molar-refractivity contribution >= 4 is 38.4 Å². The zero-order valence-corrected chi connectivity index (χ0v) is 17.6. The molecule has 0 fully saturated rings. The SMILES string of the molecule is CN(C)c1cccc(Cn2ncc3c4sc(Cc5cc[nH]n5)nc4n(C)c3c2=O)n1. The van der Waals surface area contributed by atoms with Gasteiger partial charge in [0.1, 0.15) is 16.3 Å². The van der Waals surface area contributed by atoms with Crippen molar-refractivity contribution in [2.24, 2.45) is 7.05 Å². The minimum absolute atomic E-state index is 0.147. The monoisotopic (exact) mass is 420 g/mol. The van der Waals surface area contributed by atoms with Crippen molar-refractivity contribution in [2.75, 3.05) is 19.0 Å². The molecular formula is C20H20N8OS. The van der Waals surface area contributed by atoms with E-state index in [1.807, 2.05) is 54.9 Å². The normalized spacial score (nSPS) is 11.6. The molecule has 5 rings (SSSR count). The lowest BCUT2D eigenvalue weighted by atomic mass is 10.3. The van der Waals surface area contributed by atoms with E-state index in [4.69, 9.17) is 4.98 Å². The standard InChI is InChI=1S/C20H20N8OS/c1-26(2)15-6-4-5-13(23-15)11-28-20(29)17-14(10-22-28)18-19(27(17)3)24-16(30-18)9-12-7-8-21-25-12/h4-8,10H,9,11H2,1-3H3,(H,21,25). The first-order valence-corrected chi connectivity index (χ1v) is 10.3. The molecule has 152 valence electrons. The predicted octanol–water partition coefficient (Wildman–Crippen LogP) is 2.17. The Morgan fingerprint density at radius 2 is 2.03 bits per heavy atom. The highest BCUT2D eigenvalue weighted by Gasteiger charge is 2.19. The van der Waals surface area contributed by atoms with Gasteiger partial charge in [0.05, 0.1) is 28.8 Å². The number of H-pyrrole nitrogens is 1. The van der Waals surface area contributed by atoms with Crippen LogP contribution in [0, 0.1) is 0 Å². The molecule has 10 heteroatoms. The number of fused-ring (bicyclic) bond motifs is 3. The Morgan fingerprint density at radius 1 is 1.17 bits per heavy atom. The van der Waals surface area contributed by atoms with Gasteiger partial charge < -0.3 is 9.47 Å². The molecular weight excluding hydrogens is 400 g/mol. The van der Waals surface area contributed by atoms with Gasteiger partial charge in [-0.25, -0.2) is 14.6 Å². The molecule has 5 aromatic rings. The average molecular weight is 421 g/mol. The Bertz CT molecular complexity index is 1410. The molecule has 0 aromatic carbocycles. The van der Waals surface area contributed by atoms with Gasteiger partial charge in [-0.05, 0) is 18.2 Å². The summed E-state index contributed by atoms with van der Waals surface area (Å²) in [6, 6.07) is 7.70. The number of thiazole rings is 1. The number of aryl methyl sites for hydroxylation is 1. The van der Waals surface area contributed by atoms with Crippen molar-refractivity contribution in [1.82, 2.24) is 34.5 Å². The second-order valence-electron chi connectivity index (χ2n) is 7.31. The number of hydrogen-bond acceptors (Lipinski definition) is 7. The summed E-state index contributed by atoms with van der Waals surface area (Å²) in [6.45, 7) is 0.313. The van der Waals surface area contributed by atoms with Crippen LogP contribution < -0.4 is 10.5 Å². The van der Waals surface area contributed by atoms with Gasteiger partial charge in [0.25, 0.3) is 5.56 Å². The second-order valence-corrected chi connectivity index (χ2v) is 8.40. The maximum atomic E-state index is 13.2. The van der Waals surface area contributed by atoms with Crippen LogP contribution in [-0.2, 0) is 20.0 Å². The molecule has 1 N–H and O–H groups in total. The van der Waals surface area contributed by atoms with Crippen molar-refractivity contribution in [3.8, 4) is 0 Å². The van der Waals surface area contributed by atoms with Gasteiger partial charge >= 0.3 is 0 Å². The number of rotatable bonds is 5. The van der Waals surface area contributed by atoms with E-state index in [-0.39, 0.29) is 5.56 Å². The van der Waals surface area contributed by atoms with Crippen molar-refractivity contribution in [3.63, 3.8) is 0 Å². The van der Waals surface area contributed by atoms with Gasteiger partial charge in [-0.2, -0.15) is 10.2 Å². The Balaban J connectivity index is 1.55. The van der Waals surface area contributed by atoms with Crippen LogP contribution in [0.3, 0.4) is 0 Å². The van der Waals surface area contributed by atoms with Crippen LogP contribution in [0.15, 0.2) is 41.5 Å². The van der Waals surface area contributed by atoms with Crippen molar-refractivity contribution in [2.45, 2.75) is 13.0 Å². The molecule has 0 aliphatic rings. The topological polar surface area (TPSA) is 97.5 Å². The number of aromatic nitrogens is 7. The van der Waals surface area contributed by atoms with Gasteiger partial charge in [0, 0.05) is 39.1 Å². The molecule has 0 spiro atoms. The highest BCUT2D eigenvalue weighted by atomic mass is 32.1. The van der Waals surface area contributed by atoms with Gasteiger partial charge in [0.15, 0.2) is 5.65 Å². The van der Waals surface area contributed by atoms with E-state index in [0.29, 0.717) is 18.5 Å². The maximum Gasteiger partial charge on any atom is 0.291 e. The highest BCUT2D eigenvalue weighted by Crippen LogP contribution is 2.31. The smallest absolute Gasteiger partial charge is 0.291 e. The molecule has 5 heterocycles. The lowest BCUT2D eigenvalue weighted by molar-refractivity contribution is 0.632. The zero-order valence-electron chi connectivity index (χ0n) is 16.8. The third-order valence-electron chi connectivity index (χ3n) is 5.02. The van der Waals surface area contributed by atoms with E-state index in [1.165, 1.54) is 4.68 Å². The summed E-state index contributed by atoms with van der Waals surface area (Å²) < 4.78 is 4.29. The molecule has 0 saturated carbocycles. The quantitative estimate of drug-likeness (QED) is 0.468. The summed E-state index contributed by atoms with van der Waals surface area (Å²) >= 11 is 1.58. The summed E-state index contributed by atoms with van der Waals surface area (Å²) in [7, 11) is 5.75. The molecule has 0 aliphatic carbocycles. The zero-order chi connectivity index (χ0) is 20.8. The summed E-state index contributed by atoms with van der Waals surface area (Å²) in [5, 5.41) is 13.2. The van der Waals surface area contributed by atoms with Crippen molar-refractivity contribution in [1.29, 1.82) is 0 Å². The fourth-order valence-electron chi connectivity index (χ4n) is 3.52. The Labute approximate surface area is 175 Å². The van der Waals surface area contributed by atoms with Crippen LogP contribution in [0.2, 0.25) is 0 Å². The number of hydrogen-bond donors (Lipinski definition) is 1. The minimum Gasteiger partial charge on any atom is -0.363 e. The third kappa shape index (κ3) is 3.05. The Morgan fingerprint density at radius 3 is 2.80 bits per heavy atom. The van der Waals surface area contributed by atoms with Gasteiger partial charge in [-0.15, -0.1) is 11.3 Å². The van der Waals surface area contributed by atoms with E-state index < -0.39 is 0 Å². The lowest BCUT2D eigenvalue weighted by Crippen LogP contribution is -2.25. The fourth-order valence-corrected chi connectivity index (χ4v) is 4.64. The molecule has 0 unspecified atom stereocenters. The summed E-state index contributed by atoms with van der Waals surface area (Å²) in [5.41, 5.74) is 2.97. The highest BCUT2D eigenvalue weighted by molar-refractivity contribution is 7.19. The van der Waals surface area contributed by atoms with Crippen LogP contribution in [0.1, 0.15) is 16.4 Å². The van der Waals surface area contributed by atoms with Crippen molar-refractivity contribution in [3.05, 3.63) is 63.4 Å². The number of aromatic amines is 1. The van der Waals surface area contributed by atoms with Crippen molar-refractivity contribution < 1.29 is 0 Å². The number of nitrogens with zero attached hydrogens (tertiary/aromatic N) is 7. The Kier molecular flexibility index (Phi) is 4.35.